The van der Waals surface area contributed by atoms with Gasteiger partial charge in [-0.3, -0.25) is 0 Å². The Morgan fingerprint density at radius 1 is 1.14 bits per heavy atom. The monoisotopic (exact) mass is 253 g/mol. The largest absolute Gasteiger partial charge is 0.368 e. The fourth-order valence-corrected chi connectivity index (χ4v) is 1.38. The first-order chi connectivity index (χ1) is 6.66. The van der Waals surface area contributed by atoms with E-state index < -0.39 is 0 Å². The average molecular weight is 254 g/mol. The molecule has 0 fully saturated rings. The van der Waals surface area contributed by atoms with Crippen molar-refractivity contribution in [3.63, 3.8) is 0 Å². The first kappa shape index (κ1) is 9.01. The van der Waals surface area contributed by atoms with E-state index in [-0.39, 0.29) is 11.9 Å². The van der Waals surface area contributed by atoms with E-state index >= 15 is 0 Å². The maximum absolute atomic E-state index is 5.61. The van der Waals surface area contributed by atoms with Crippen LogP contribution in [0.15, 0.2) is 28.7 Å². The van der Waals surface area contributed by atoms with Gasteiger partial charge in [-0.2, -0.15) is 9.67 Å². The summed E-state index contributed by atoms with van der Waals surface area (Å²) >= 11 is 3.34. The van der Waals surface area contributed by atoms with Crippen molar-refractivity contribution in [2.75, 3.05) is 11.5 Å². The van der Waals surface area contributed by atoms with Gasteiger partial charge < -0.3 is 11.5 Å². The Balaban J connectivity index is 2.49. The van der Waals surface area contributed by atoms with Gasteiger partial charge in [-0.05, 0) is 24.3 Å². The SMILES string of the molecule is Nc1nc(N)n(-c2ccc(Br)cc2)n1. The van der Waals surface area contributed by atoms with Crippen molar-refractivity contribution in [1.82, 2.24) is 14.8 Å². The Hall–Kier alpha value is -1.56. The van der Waals surface area contributed by atoms with Crippen LogP contribution in [-0.2, 0) is 0 Å². The molecule has 0 atom stereocenters. The van der Waals surface area contributed by atoms with Gasteiger partial charge in [-0.25, -0.2) is 0 Å². The third-order valence-corrected chi connectivity index (χ3v) is 2.25. The van der Waals surface area contributed by atoms with Crippen molar-refractivity contribution in [3.8, 4) is 5.69 Å². The molecule has 0 aliphatic rings. The van der Waals surface area contributed by atoms with Gasteiger partial charge in [0.25, 0.3) is 0 Å². The van der Waals surface area contributed by atoms with E-state index in [1.165, 1.54) is 4.68 Å². The number of hydrogen-bond donors (Lipinski definition) is 2. The number of anilines is 2. The van der Waals surface area contributed by atoms with Gasteiger partial charge >= 0.3 is 0 Å². The summed E-state index contributed by atoms with van der Waals surface area (Å²) in [7, 11) is 0. The van der Waals surface area contributed by atoms with Crippen LogP contribution in [0, 0.1) is 0 Å². The van der Waals surface area contributed by atoms with E-state index in [2.05, 4.69) is 26.0 Å². The van der Waals surface area contributed by atoms with Gasteiger partial charge in [-0.15, -0.1) is 5.10 Å². The van der Waals surface area contributed by atoms with Crippen molar-refractivity contribution in [1.29, 1.82) is 0 Å². The molecule has 1 aromatic carbocycles. The highest BCUT2D eigenvalue weighted by Crippen LogP contribution is 2.15. The molecule has 0 radical (unpaired) electrons. The molecule has 5 nitrogen and oxygen atoms in total. The molecule has 14 heavy (non-hydrogen) atoms. The number of benzene rings is 1. The van der Waals surface area contributed by atoms with Crippen LogP contribution >= 0.6 is 15.9 Å². The molecule has 0 aliphatic heterocycles. The normalized spacial score (nSPS) is 10.4. The number of nitrogen functional groups attached to an aromatic ring is 2. The van der Waals surface area contributed by atoms with E-state index in [9.17, 15) is 0 Å². The van der Waals surface area contributed by atoms with E-state index in [1.807, 2.05) is 24.3 Å². The molecular formula is C8H8BrN5. The highest BCUT2D eigenvalue weighted by atomic mass is 79.9. The van der Waals surface area contributed by atoms with E-state index in [0.29, 0.717) is 0 Å². The highest BCUT2D eigenvalue weighted by molar-refractivity contribution is 9.10. The summed E-state index contributed by atoms with van der Waals surface area (Å²) in [5.41, 5.74) is 11.9. The number of aromatic nitrogens is 3. The predicted molar refractivity (Wildman–Crippen MR) is 57.9 cm³/mol. The Labute approximate surface area is 88.9 Å². The van der Waals surface area contributed by atoms with Gasteiger partial charge in [0.05, 0.1) is 5.69 Å². The molecule has 6 heteroatoms. The third-order valence-electron chi connectivity index (χ3n) is 1.72. The summed E-state index contributed by atoms with van der Waals surface area (Å²) in [4.78, 5) is 3.81. The quantitative estimate of drug-likeness (QED) is 0.800. The van der Waals surface area contributed by atoms with Crippen LogP contribution in [0.3, 0.4) is 0 Å². The molecule has 0 amide bonds. The molecule has 0 saturated heterocycles. The van der Waals surface area contributed by atoms with Crippen LogP contribution in [-0.4, -0.2) is 14.8 Å². The lowest BCUT2D eigenvalue weighted by Crippen LogP contribution is -2.02. The molecule has 0 saturated carbocycles. The van der Waals surface area contributed by atoms with E-state index in [0.717, 1.165) is 10.2 Å². The first-order valence-electron chi connectivity index (χ1n) is 3.91. The maximum Gasteiger partial charge on any atom is 0.241 e. The second kappa shape index (κ2) is 3.30. The standard InChI is InChI=1S/C8H8BrN5/c9-5-1-3-6(4-2-5)14-8(11)12-7(10)13-14/h1-4H,(H4,10,11,12,13). The van der Waals surface area contributed by atoms with Crippen molar-refractivity contribution < 1.29 is 0 Å². The average Bonchev–Trinajstić information content (AvgIpc) is 2.47. The Kier molecular flexibility index (Phi) is 2.12. The summed E-state index contributed by atoms with van der Waals surface area (Å²) in [5, 5.41) is 3.95. The van der Waals surface area contributed by atoms with Crippen molar-refractivity contribution in [2.45, 2.75) is 0 Å². The third kappa shape index (κ3) is 1.56. The van der Waals surface area contributed by atoms with Gasteiger partial charge in [0.15, 0.2) is 0 Å². The number of hydrogen-bond acceptors (Lipinski definition) is 4. The minimum Gasteiger partial charge on any atom is -0.368 e. The highest BCUT2D eigenvalue weighted by Gasteiger charge is 2.05. The molecule has 2 rings (SSSR count). The zero-order valence-electron chi connectivity index (χ0n) is 7.18. The summed E-state index contributed by atoms with van der Waals surface area (Å²) < 4.78 is 2.48. The lowest BCUT2D eigenvalue weighted by Gasteiger charge is -2.01. The van der Waals surface area contributed by atoms with Crippen molar-refractivity contribution >= 4 is 27.8 Å². The zero-order valence-corrected chi connectivity index (χ0v) is 8.77. The van der Waals surface area contributed by atoms with Gasteiger partial charge in [0.2, 0.25) is 11.9 Å². The first-order valence-corrected chi connectivity index (χ1v) is 4.70. The molecule has 0 bridgehead atoms. The number of nitrogens with zero attached hydrogens (tertiary/aromatic N) is 3. The Bertz CT molecular complexity index is 447. The molecule has 4 N–H and O–H groups in total. The fourth-order valence-electron chi connectivity index (χ4n) is 1.11. The molecule has 1 aromatic heterocycles. The predicted octanol–water partition coefficient (Wildman–Crippen LogP) is 1.19. The van der Waals surface area contributed by atoms with E-state index in [4.69, 9.17) is 11.5 Å². The van der Waals surface area contributed by atoms with Crippen LogP contribution in [0.5, 0.6) is 0 Å². The van der Waals surface area contributed by atoms with Crippen molar-refractivity contribution in [2.24, 2.45) is 0 Å². The number of rotatable bonds is 1. The lowest BCUT2D eigenvalue weighted by molar-refractivity contribution is 0.895. The van der Waals surface area contributed by atoms with Crippen LogP contribution in [0.4, 0.5) is 11.9 Å². The molecular weight excluding hydrogens is 246 g/mol. The van der Waals surface area contributed by atoms with Crippen LogP contribution in [0.25, 0.3) is 5.69 Å². The molecule has 0 spiro atoms. The van der Waals surface area contributed by atoms with Crippen molar-refractivity contribution in [3.05, 3.63) is 28.7 Å². The Morgan fingerprint density at radius 2 is 1.79 bits per heavy atom. The van der Waals surface area contributed by atoms with Crippen LogP contribution in [0.1, 0.15) is 0 Å². The summed E-state index contributed by atoms with van der Waals surface area (Å²) in [6.45, 7) is 0. The number of nitrogens with two attached hydrogens (primary N) is 2. The van der Waals surface area contributed by atoms with Gasteiger partial charge in [-0.1, -0.05) is 15.9 Å². The molecule has 2 aromatic rings. The molecule has 0 unspecified atom stereocenters. The second-order valence-corrected chi connectivity index (χ2v) is 3.63. The summed E-state index contributed by atoms with van der Waals surface area (Å²) in [5.74, 6) is 0.454. The van der Waals surface area contributed by atoms with Crippen LogP contribution in [0.2, 0.25) is 0 Å². The van der Waals surface area contributed by atoms with E-state index in [1.54, 1.807) is 0 Å². The summed E-state index contributed by atoms with van der Waals surface area (Å²) in [6, 6.07) is 7.53. The van der Waals surface area contributed by atoms with Crippen LogP contribution < -0.4 is 11.5 Å². The Morgan fingerprint density at radius 3 is 2.29 bits per heavy atom. The molecule has 72 valence electrons. The minimum atomic E-state index is 0.172. The fraction of sp³-hybridized carbons (Fsp3) is 0. The zero-order chi connectivity index (χ0) is 10.1. The molecule has 1 heterocycles. The number of halogens is 1. The second-order valence-electron chi connectivity index (χ2n) is 2.72. The van der Waals surface area contributed by atoms with Gasteiger partial charge in [0.1, 0.15) is 0 Å². The summed E-state index contributed by atoms with van der Waals surface area (Å²) in [6.07, 6.45) is 0. The topological polar surface area (TPSA) is 82.7 Å². The smallest absolute Gasteiger partial charge is 0.241 e. The maximum atomic E-state index is 5.61. The van der Waals surface area contributed by atoms with Gasteiger partial charge in [0, 0.05) is 4.47 Å². The lowest BCUT2D eigenvalue weighted by atomic mass is 10.3. The molecule has 0 aliphatic carbocycles. The minimum absolute atomic E-state index is 0.172.